The molecule has 0 aliphatic carbocycles. The Bertz CT molecular complexity index is 1310. The first kappa shape index (κ1) is 22.2. The lowest BCUT2D eigenvalue weighted by Crippen LogP contribution is -2.43. The largest absolute Gasteiger partial charge is 0.467 e. The number of furan rings is 1. The highest BCUT2D eigenvalue weighted by Crippen LogP contribution is 2.28. The first-order valence-electron chi connectivity index (χ1n) is 11.3. The first-order chi connectivity index (χ1) is 16.6. The molecular weight excluding hydrogens is 450 g/mol. The molecule has 1 N–H and O–H groups in total. The molecule has 5 rings (SSSR count). The Kier molecular flexibility index (Phi) is 6.32. The van der Waals surface area contributed by atoms with E-state index in [1.165, 1.54) is 0 Å². The molecule has 7 heteroatoms. The number of halogens is 1. The van der Waals surface area contributed by atoms with Gasteiger partial charge in [0.25, 0.3) is 5.91 Å². The van der Waals surface area contributed by atoms with Crippen LogP contribution in [0.3, 0.4) is 0 Å². The number of likely N-dealkylation sites (tertiary alicyclic amines) is 1. The van der Waals surface area contributed by atoms with Crippen LogP contribution in [0.4, 0.5) is 0 Å². The van der Waals surface area contributed by atoms with Crippen molar-refractivity contribution in [1.29, 1.82) is 0 Å². The Labute approximate surface area is 202 Å². The van der Waals surface area contributed by atoms with Crippen LogP contribution in [0.1, 0.15) is 29.0 Å². The average molecular weight is 474 g/mol. The number of hydrogen-bond acceptors (Lipinski definition) is 4. The van der Waals surface area contributed by atoms with Crippen molar-refractivity contribution in [3.05, 3.63) is 89.3 Å². The minimum absolute atomic E-state index is 0.00267. The zero-order valence-corrected chi connectivity index (χ0v) is 19.3. The molecule has 0 saturated carbocycles. The van der Waals surface area contributed by atoms with Crippen LogP contribution >= 0.6 is 11.6 Å². The highest BCUT2D eigenvalue weighted by atomic mass is 35.5. The molecule has 172 valence electrons. The van der Waals surface area contributed by atoms with Crippen molar-refractivity contribution in [1.82, 2.24) is 15.2 Å². The van der Waals surface area contributed by atoms with E-state index in [1.807, 2.05) is 65.6 Å². The van der Waals surface area contributed by atoms with E-state index < -0.39 is 0 Å². The van der Waals surface area contributed by atoms with E-state index >= 15 is 0 Å². The van der Waals surface area contributed by atoms with Crippen molar-refractivity contribution in [3.8, 4) is 11.3 Å². The number of nitrogens with zero attached hydrogens (tertiary/aromatic N) is 2. The van der Waals surface area contributed by atoms with Gasteiger partial charge in [-0.3, -0.25) is 9.59 Å². The number of carbonyl (C=O) groups is 2. The molecule has 1 aliphatic rings. The van der Waals surface area contributed by atoms with Gasteiger partial charge in [-0.1, -0.05) is 41.9 Å². The number of rotatable bonds is 5. The lowest BCUT2D eigenvalue weighted by atomic mass is 9.94. The maximum absolute atomic E-state index is 13.6. The molecule has 0 spiro atoms. The number of aromatic nitrogens is 1. The maximum atomic E-state index is 13.6. The van der Waals surface area contributed by atoms with Crippen LogP contribution in [-0.4, -0.2) is 34.8 Å². The van der Waals surface area contributed by atoms with Crippen molar-refractivity contribution in [3.63, 3.8) is 0 Å². The van der Waals surface area contributed by atoms with Gasteiger partial charge in [-0.15, -0.1) is 0 Å². The van der Waals surface area contributed by atoms with Crippen molar-refractivity contribution in [2.75, 3.05) is 13.1 Å². The number of nitrogens with one attached hydrogen (secondary N) is 1. The number of para-hydroxylation sites is 1. The number of pyridine rings is 1. The summed E-state index contributed by atoms with van der Waals surface area (Å²) >= 11 is 6.04. The summed E-state index contributed by atoms with van der Waals surface area (Å²) in [6.07, 6.45) is 2.85. The number of hydrogen-bond donors (Lipinski definition) is 1. The topological polar surface area (TPSA) is 75.4 Å². The lowest BCUT2D eigenvalue weighted by molar-refractivity contribution is -0.126. The van der Waals surface area contributed by atoms with Crippen molar-refractivity contribution in [2.24, 2.45) is 5.92 Å². The van der Waals surface area contributed by atoms with Crippen LogP contribution in [0.5, 0.6) is 0 Å². The van der Waals surface area contributed by atoms with E-state index in [4.69, 9.17) is 21.0 Å². The molecule has 2 aromatic carbocycles. The van der Waals surface area contributed by atoms with E-state index in [9.17, 15) is 9.59 Å². The number of amides is 2. The third-order valence-corrected chi connectivity index (χ3v) is 6.51. The fourth-order valence-corrected chi connectivity index (χ4v) is 4.49. The molecule has 1 fully saturated rings. The Morgan fingerprint density at radius 1 is 1.03 bits per heavy atom. The van der Waals surface area contributed by atoms with Gasteiger partial charge in [-0.2, -0.15) is 0 Å². The molecule has 4 aromatic rings. The van der Waals surface area contributed by atoms with E-state index in [-0.39, 0.29) is 17.7 Å². The van der Waals surface area contributed by atoms with E-state index in [0.29, 0.717) is 43.1 Å². The third kappa shape index (κ3) is 4.68. The molecule has 0 bridgehead atoms. The molecule has 1 saturated heterocycles. The highest BCUT2D eigenvalue weighted by Gasteiger charge is 2.29. The van der Waals surface area contributed by atoms with Gasteiger partial charge in [-0.05, 0) is 49.2 Å². The first-order valence-corrected chi connectivity index (χ1v) is 11.7. The highest BCUT2D eigenvalue weighted by molar-refractivity contribution is 6.30. The number of carbonyl (C=O) groups excluding carboxylic acids is 2. The normalized spacial score (nSPS) is 14.3. The van der Waals surface area contributed by atoms with Crippen LogP contribution in [0.2, 0.25) is 5.02 Å². The van der Waals surface area contributed by atoms with Crippen molar-refractivity contribution >= 4 is 34.3 Å². The van der Waals surface area contributed by atoms with Gasteiger partial charge in [0.05, 0.1) is 29.6 Å². The monoisotopic (exact) mass is 473 g/mol. The van der Waals surface area contributed by atoms with E-state index in [2.05, 4.69) is 5.32 Å². The van der Waals surface area contributed by atoms with E-state index in [1.54, 1.807) is 12.3 Å². The van der Waals surface area contributed by atoms with Gasteiger partial charge < -0.3 is 14.6 Å². The summed E-state index contributed by atoms with van der Waals surface area (Å²) in [4.78, 5) is 32.7. The summed E-state index contributed by atoms with van der Waals surface area (Å²) in [7, 11) is 0. The molecule has 34 heavy (non-hydrogen) atoms. The summed E-state index contributed by atoms with van der Waals surface area (Å²) in [5.74, 6) is 0.575. The minimum Gasteiger partial charge on any atom is -0.467 e. The van der Waals surface area contributed by atoms with Gasteiger partial charge in [0, 0.05) is 35.0 Å². The maximum Gasteiger partial charge on any atom is 0.254 e. The molecule has 1 aliphatic heterocycles. The standard InChI is InChI=1S/C27H24ClN3O3/c28-20-9-7-18(8-10-20)25-16-23(22-5-1-2-6-24(22)30-25)27(33)31-13-11-19(12-14-31)26(32)29-17-21-4-3-15-34-21/h1-10,15-16,19H,11-14,17H2,(H,29,32). The predicted molar refractivity (Wildman–Crippen MR) is 131 cm³/mol. The van der Waals surface area contributed by atoms with Gasteiger partial charge in [-0.25, -0.2) is 4.98 Å². The molecule has 0 radical (unpaired) electrons. The summed E-state index contributed by atoms with van der Waals surface area (Å²) < 4.78 is 5.27. The SMILES string of the molecule is O=C(NCc1ccco1)C1CCN(C(=O)c2cc(-c3ccc(Cl)cc3)nc3ccccc23)CC1. The third-order valence-electron chi connectivity index (χ3n) is 6.26. The van der Waals surface area contributed by atoms with E-state index in [0.717, 1.165) is 27.9 Å². The Balaban J connectivity index is 1.32. The van der Waals surface area contributed by atoms with Gasteiger partial charge >= 0.3 is 0 Å². The van der Waals surface area contributed by atoms with Crippen molar-refractivity contribution < 1.29 is 14.0 Å². The summed E-state index contributed by atoms with van der Waals surface area (Å²) in [6.45, 7) is 1.44. The number of benzene rings is 2. The lowest BCUT2D eigenvalue weighted by Gasteiger charge is -2.31. The summed E-state index contributed by atoms with van der Waals surface area (Å²) in [5.41, 5.74) is 3.02. The molecular formula is C27H24ClN3O3. The van der Waals surface area contributed by atoms with Crippen LogP contribution in [0, 0.1) is 5.92 Å². The fourth-order valence-electron chi connectivity index (χ4n) is 4.37. The van der Waals surface area contributed by atoms with Gasteiger partial charge in [0.15, 0.2) is 0 Å². The van der Waals surface area contributed by atoms with Gasteiger partial charge in [0.2, 0.25) is 5.91 Å². The average Bonchev–Trinajstić information content (AvgIpc) is 3.40. The smallest absolute Gasteiger partial charge is 0.254 e. The summed E-state index contributed by atoms with van der Waals surface area (Å²) in [5, 5.41) is 4.40. The Morgan fingerprint density at radius 3 is 2.53 bits per heavy atom. The number of fused-ring (bicyclic) bond motifs is 1. The molecule has 6 nitrogen and oxygen atoms in total. The second kappa shape index (κ2) is 9.69. The second-order valence-electron chi connectivity index (χ2n) is 8.44. The zero-order chi connectivity index (χ0) is 23.5. The Hall–Kier alpha value is -3.64. The zero-order valence-electron chi connectivity index (χ0n) is 18.5. The minimum atomic E-state index is -0.113. The summed E-state index contributed by atoms with van der Waals surface area (Å²) in [6, 6.07) is 20.6. The van der Waals surface area contributed by atoms with Crippen LogP contribution in [0.15, 0.2) is 77.4 Å². The fraction of sp³-hybridized carbons (Fsp3) is 0.222. The number of piperidine rings is 1. The predicted octanol–water partition coefficient (Wildman–Crippen LogP) is 5.32. The van der Waals surface area contributed by atoms with Crippen LogP contribution < -0.4 is 5.32 Å². The van der Waals surface area contributed by atoms with Crippen LogP contribution in [0.25, 0.3) is 22.2 Å². The Morgan fingerprint density at radius 2 is 1.79 bits per heavy atom. The second-order valence-corrected chi connectivity index (χ2v) is 8.88. The van der Waals surface area contributed by atoms with Gasteiger partial charge in [0.1, 0.15) is 5.76 Å². The molecule has 0 atom stereocenters. The van der Waals surface area contributed by atoms with Crippen LogP contribution in [-0.2, 0) is 11.3 Å². The van der Waals surface area contributed by atoms with Crippen molar-refractivity contribution in [2.45, 2.75) is 19.4 Å². The molecule has 3 heterocycles. The molecule has 2 amide bonds. The molecule has 2 aromatic heterocycles. The quantitative estimate of drug-likeness (QED) is 0.426. The molecule has 0 unspecified atom stereocenters.